The van der Waals surface area contributed by atoms with E-state index < -0.39 is 0 Å². The van der Waals surface area contributed by atoms with Crippen LogP contribution in [0.1, 0.15) is 16.9 Å². The number of aromatic nitrogens is 3. The van der Waals surface area contributed by atoms with Crippen molar-refractivity contribution in [2.45, 2.75) is 20.8 Å². The zero-order valence-corrected chi connectivity index (χ0v) is 16.0. The van der Waals surface area contributed by atoms with Crippen molar-refractivity contribution in [2.24, 2.45) is 0 Å². The molecule has 0 saturated carbocycles. The SMILES string of the molecule is Cc1cc(C)cc(Nc2nc(Nc3cc(C)on3)cc(-c3ccccc3)n2)c1. The van der Waals surface area contributed by atoms with E-state index in [4.69, 9.17) is 9.51 Å². The highest BCUT2D eigenvalue weighted by Crippen LogP contribution is 2.25. The van der Waals surface area contributed by atoms with Gasteiger partial charge >= 0.3 is 0 Å². The fraction of sp³-hybridized carbons (Fsp3) is 0.136. The van der Waals surface area contributed by atoms with E-state index in [1.54, 1.807) is 0 Å². The van der Waals surface area contributed by atoms with E-state index in [1.165, 1.54) is 11.1 Å². The Morgan fingerprint density at radius 3 is 2.18 bits per heavy atom. The zero-order chi connectivity index (χ0) is 19.5. The Bertz CT molecular complexity index is 1080. The second-order valence-electron chi connectivity index (χ2n) is 6.78. The molecule has 0 bridgehead atoms. The van der Waals surface area contributed by atoms with Gasteiger partial charge in [0.05, 0.1) is 5.69 Å². The average molecular weight is 371 g/mol. The lowest BCUT2D eigenvalue weighted by Crippen LogP contribution is -2.03. The predicted molar refractivity (Wildman–Crippen MR) is 111 cm³/mol. The third kappa shape index (κ3) is 4.17. The highest BCUT2D eigenvalue weighted by Gasteiger charge is 2.10. The molecular formula is C22H21N5O. The van der Waals surface area contributed by atoms with Crippen LogP contribution in [0.3, 0.4) is 0 Å². The van der Waals surface area contributed by atoms with Crippen molar-refractivity contribution < 1.29 is 4.52 Å². The summed E-state index contributed by atoms with van der Waals surface area (Å²) in [5.74, 6) is 2.48. The van der Waals surface area contributed by atoms with Gasteiger partial charge in [-0.05, 0) is 44.0 Å². The Kier molecular flexibility index (Phi) is 4.76. The van der Waals surface area contributed by atoms with E-state index in [9.17, 15) is 0 Å². The van der Waals surface area contributed by atoms with Gasteiger partial charge in [-0.1, -0.05) is 41.6 Å². The van der Waals surface area contributed by atoms with Gasteiger partial charge < -0.3 is 15.2 Å². The van der Waals surface area contributed by atoms with Crippen LogP contribution in [-0.4, -0.2) is 15.1 Å². The molecule has 0 atom stereocenters. The third-order valence-corrected chi connectivity index (χ3v) is 4.16. The Hall–Kier alpha value is -3.67. The van der Waals surface area contributed by atoms with Crippen LogP contribution >= 0.6 is 0 Å². The summed E-state index contributed by atoms with van der Waals surface area (Å²) in [6.07, 6.45) is 0. The normalized spacial score (nSPS) is 10.7. The number of hydrogen-bond donors (Lipinski definition) is 2. The number of anilines is 4. The van der Waals surface area contributed by atoms with Crippen molar-refractivity contribution >= 4 is 23.3 Å². The Labute approximate surface area is 163 Å². The first kappa shape index (κ1) is 17.7. The molecule has 0 spiro atoms. The first-order chi connectivity index (χ1) is 13.5. The van der Waals surface area contributed by atoms with Crippen molar-refractivity contribution in [1.29, 1.82) is 0 Å². The highest BCUT2D eigenvalue weighted by molar-refractivity contribution is 5.68. The van der Waals surface area contributed by atoms with Gasteiger partial charge in [-0.15, -0.1) is 0 Å². The topological polar surface area (TPSA) is 75.9 Å². The van der Waals surface area contributed by atoms with Crippen molar-refractivity contribution in [3.05, 3.63) is 77.6 Å². The molecule has 2 heterocycles. The summed E-state index contributed by atoms with van der Waals surface area (Å²) in [7, 11) is 0. The maximum Gasteiger partial charge on any atom is 0.229 e. The van der Waals surface area contributed by atoms with Gasteiger partial charge in [-0.25, -0.2) is 4.98 Å². The summed E-state index contributed by atoms with van der Waals surface area (Å²) in [5, 5.41) is 10.5. The van der Waals surface area contributed by atoms with Gasteiger partial charge in [-0.2, -0.15) is 4.98 Å². The molecule has 2 aromatic heterocycles. The van der Waals surface area contributed by atoms with Gasteiger partial charge in [0.2, 0.25) is 5.95 Å². The molecule has 2 aromatic carbocycles. The second-order valence-corrected chi connectivity index (χ2v) is 6.78. The summed E-state index contributed by atoms with van der Waals surface area (Å²) in [4.78, 5) is 9.30. The molecule has 0 saturated heterocycles. The van der Waals surface area contributed by atoms with E-state index in [0.29, 0.717) is 17.6 Å². The number of hydrogen-bond acceptors (Lipinski definition) is 6. The predicted octanol–water partition coefficient (Wildman–Crippen LogP) is 5.54. The van der Waals surface area contributed by atoms with E-state index >= 15 is 0 Å². The monoisotopic (exact) mass is 371 g/mol. The molecular weight excluding hydrogens is 350 g/mol. The summed E-state index contributed by atoms with van der Waals surface area (Å²) >= 11 is 0. The van der Waals surface area contributed by atoms with Crippen molar-refractivity contribution in [3.63, 3.8) is 0 Å². The van der Waals surface area contributed by atoms with Crippen LogP contribution in [0.15, 0.2) is 65.2 Å². The molecule has 0 aliphatic carbocycles. The molecule has 4 rings (SSSR count). The van der Waals surface area contributed by atoms with Gasteiger partial charge in [0.15, 0.2) is 5.82 Å². The van der Waals surface area contributed by atoms with Gasteiger partial charge in [-0.3, -0.25) is 0 Å². The minimum Gasteiger partial charge on any atom is -0.360 e. The maximum absolute atomic E-state index is 5.13. The summed E-state index contributed by atoms with van der Waals surface area (Å²) in [6, 6.07) is 20.0. The van der Waals surface area contributed by atoms with Crippen molar-refractivity contribution in [1.82, 2.24) is 15.1 Å². The Morgan fingerprint density at radius 2 is 1.50 bits per heavy atom. The van der Waals surface area contributed by atoms with Crippen LogP contribution in [0, 0.1) is 20.8 Å². The Balaban J connectivity index is 1.72. The molecule has 0 aliphatic rings. The number of nitrogens with one attached hydrogen (secondary N) is 2. The fourth-order valence-corrected chi connectivity index (χ4v) is 3.06. The lowest BCUT2D eigenvalue weighted by atomic mass is 10.1. The largest absolute Gasteiger partial charge is 0.360 e. The molecule has 0 fully saturated rings. The fourth-order valence-electron chi connectivity index (χ4n) is 3.06. The minimum absolute atomic E-state index is 0.508. The van der Waals surface area contributed by atoms with Gasteiger partial charge in [0.25, 0.3) is 0 Å². The minimum atomic E-state index is 0.508. The summed E-state index contributed by atoms with van der Waals surface area (Å²) < 4.78 is 5.13. The van der Waals surface area contributed by atoms with Crippen LogP contribution in [0.5, 0.6) is 0 Å². The Morgan fingerprint density at radius 1 is 0.750 bits per heavy atom. The summed E-state index contributed by atoms with van der Waals surface area (Å²) in [6.45, 7) is 5.99. The van der Waals surface area contributed by atoms with Crippen LogP contribution in [-0.2, 0) is 0 Å². The summed E-state index contributed by atoms with van der Waals surface area (Å²) in [5.41, 5.74) is 5.13. The molecule has 2 N–H and O–H groups in total. The molecule has 28 heavy (non-hydrogen) atoms. The maximum atomic E-state index is 5.13. The molecule has 0 unspecified atom stereocenters. The first-order valence-electron chi connectivity index (χ1n) is 9.05. The molecule has 140 valence electrons. The molecule has 0 radical (unpaired) electrons. The second kappa shape index (κ2) is 7.52. The molecule has 0 aliphatic heterocycles. The molecule has 6 heteroatoms. The van der Waals surface area contributed by atoms with Crippen LogP contribution in [0.2, 0.25) is 0 Å². The van der Waals surface area contributed by atoms with Crippen LogP contribution in [0.4, 0.5) is 23.3 Å². The number of nitrogens with zero attached hydrogens (tertiary/aromatic N) is 3. The molecule has 4 aromatic rings. The number of aryl methyl sites for hydroxylation is 3. The van der Waals surface area contributed by atoms with Gasteiger partial charge in [0.1, 0.15) is 11.6 Å². The van der Waals surface area contributed by atoms with E-state index in [-0.39, 0.29) is 0 Å². The van der Waals surface area contributed by atoms with Gasteiger partial charge in [0, 0.05) is 23.4 Å². The zero-order valence-electron chi connectivity index (χ0n) is 16.0. The lowest BCUT2D eigenvalue weighted by molar-refractivity contribution is 0.400. The van der Waals surface area contributed by atoms with E-state index in [1.807, 2.05) is 49.4 Å². The number of benzene rings is 2. The smallest absolute Gasteiger partial charge is 0.229 e. The quantitative estimate of drug-likeness (QED) is 0.479. The van der Waals surface area contributed by atoms with Crippen LogP contribution < -0.4 is 10.6 Å². The first-order valence-corrected chi connectivity index (χ1v) is 9.05. The van der Waals surface area contributed by atoms with Crippen molar-refractivity contribution in [3.8, 4) is 11.3 Å². The average Bonchev–Trinajstić information content (AvgIpc) is 3.06. The highest BCUT2D eigenvalue weighted by atomic mass is 16.5. The van der Waals surface area contributed by atoms with E-state index in [2.05, 4.69) is 52.8 Å². The van der Waals surface area contributed by atoms with Crippen molar-refractivity contribution in [2.75, 3.05) is 10.6 Å². The molecule has 0 amide bonds. The standard InChI is InChI=1S/C22H21N5O/c1-14-9-15(2)11-18(10-14)23-22-24-19(17-7-5-4-6-8-17)13-20(26-22)25-21-12-16(3)28-27-21/h4-13H,1-3H3,(H2,23,24,25,26,27). The number of rotatable bonds is 5. The van der Waals surface area contributed by atoms with E-state index in [0.717, 1.165) is 22.7 Å². The van der Waals surface area contributed by atoms with Crippen LogP contribution in [0.25, 0.3) is 11.3 Å². The third-order valence-electron chi connectivity index (χ3n) is 4.16. The lowest BCUT2D eigenvalue weighted by Gasteiger charge is -2.11. The molecule has 6 nitrogen and oxygen atoms in total.